The van der Waals surface area contributed by atoms with Crippen molar-refractivity contribution in [3.8, 4) is 6.07 Å². The Balaban J connectivity index is 2.55. The molecule has 0 atom stereocenters. The number of nitrogens with one attached hydrogen (secondary N) is 1. The molecule has 17 heavy (non-hydrogen) atoms. The molecule has 0 radical (unpaired) electrons. The smallest absolute Gasteiger partial charge is 0.241 e. The van der Waals surface area contributed by atoms with Crippen molar-refractivity contribution in [2.45, 2.75) is 13.8 Å². The Morgan fingerprint density at radius 3 is 2.82 bits per heavy atom. The third kappa shape index (κ3) is 3.76. The highest BCUT2D eigenvalue weighted by atomic mass is 16.2. The van der Waals surface area contributed by atoms with Crippen LogP contribution in [0.4, 0.5) is 5.69 Å². The lowest BCUT2D eigenvalue weighted by Gasteiger charge is -2.19. The van der Waals surface area contributed by atoms with Gasteiger partial charge in [0.2, 0.25) is 5.91 Å². The van der Waals surface area contributed by atoms with Gasteiger partial charge in [-0.25, -0.2) is 4.98 Å². The summed E-state index contributed by atoms with van der Waals surface area (Å²) in [5, 5.41) is 11.7. The van der Waals surface area contributed by atoms with Gasteiger partial charge in [0.25, 0.3) is 0 Å². The summed E-state index contributed by atoms with van der Waals surface area (Å²) in [6.45, 7) is 5.54. The Kier molecular flexibility index (Phi) is 4.95. The lowest BCUT2D eigenvalue weighted by Crippen LogP contribution is -2.35. The molecule has 0 spiro atoms. The summed E-state index contributed by atoms with van der Waals surface area (Å²) >= 11 is 0. The fraction of sp³-hybridized carbons (Fsp3) is 0.417. The normalized spacial score (nSPS) is 9.47. The van der Waals surface area contributed by atoms with Crippen LogP contribution in [-0.4, -0.2) is 35.4 Å². The number of carbonyl (C=O) groups excluding carboxylic acids is 1. The molecular formula is C12H16N4O. The molecule has 1 amide bonds. The first kappa shape index (κ1) is 13.0. The van der Waals surface area contributed by atoms with Gasteiger partial charge < -0.3 is 10.2 Å². The average Bonchev–Trinajstić information content (AvgIpc) is 2.38. The standard InChI is InChI=1S/C12H16N4O/c1-3-16(4-2)12(17)9-15-10-5-6-14-11(7-10)8-13/h5-7H,3-4,9H2,1-2H3,(H,14,15). The molecule has 90 valence electrons. The van der Waals surface area contributed by atoms with Crippen LogP contribution in [0.2, 0.25) is 0 Å². The van der Waals surface area contributed by atoms with E-state index in [9.17, 15) is 4.79 Å². The highest BCUT2D eigenvalue weighted by Gasteiger charge is 2.08. The molecule has 1 aromatic heterocycles. The summed E-state index contributed by atoms with van der Waals surface area (Å²) in [6, 6.07) is 5.31. The number of nitriles is 1. The number of hydrogen-bond donors (Lipinski definition) is 1. The van der Waals surface area contributed by atoms with Gasteiger partial charge in [-0.05, 0) is 26.0 Å². The molecule has 0 unspecified atom stereocenters. The first-order chi connectivity index (χ1) is 8.21. The van der Waals surface area contributed by atoms with E-state index in [4.69, 9.17) is 5.26 Å². The van der Waals surface area contributed by atoms with Crippen molar-refractivity contribution < 1.29 is 4.79 Å². The zero-order valence-electron chi connectivity index (χ0n) is 10.1. The molecule has 1 rings (SSSR count). The Labute approximate surface area is 101 Å². The van der Waals surface area contributed by atoms with E-state index in [0.717, 1.165) is 5.69 Å². The van der Waals surface area contributed by atoms with Crippen molar-refractivity contribution in [3.63, 3.8) is 0 Å². The van der Waals surface area contributed by atoms with Crippen molar-refractivity contribution in [3.05, 3.63) is 24.0 Å². The molecule has 5 nitrogen and oxygen atoms in total. The predicted octanol–water partition coefficient (Wildman–Crippen LogP) is 1.23. The van der Waals surface area contributed by atoms with E-state index in [-0.39, 0.29) is 12.5 Å². The second-order valence-corrected chi connectivity index (χ2v) is 3.46. The highest BCUT2D eigenvalue weighted by Crippen LogP contribution is 2.06. The zero-order valence-corrected chi connectivity index (χ0v) is 10.1. The Morgan fingerprint density at radius 2 is 2.24 bits per heavy atom. The van der Waals surface area contributed by atoms with Gasteiger partial charge in [-0.3, -0.25) is 4.79 Å². The summed E-state index contributed by atoms with van der Waals surface area (Å²) < 4.78 is 0. The minimum atomic E-state index is 0.0466. The van der Waals surface area contributed by atoms with Crippen LogP contribution in [0, 0.1) is 11.3 Å². The van der Waals surface area contributed by atoms with Gasteiger partial charge in [-0.1, -0.05) is 0 Å². The minimum absolute atomic E-state index is 0.0466. The fourth-order valence-corrected chi connectivity index (χ4v) is 1.47. The highest BCUT2D eigenvalue weighted by molar-refractivity contribution is 5.80. The van der Waals surface area contributed by atoms with Crippen LogP contribution in [0.25, 0.3) is 0 Å². The van der Waals surface area contributed by atoms with Crippen molar-refractivity contribution >= 4 is 11.6 Å². The van der Waals surface area contributed by atoms with E-state index in [1.165, 1.54) is 0 Å². The van der Waals surface area contributed by atoms with Crippen molar-refractivity contribution in [2.24, 2.45) is 0 Å². The Bertz CT molecular complexity index is 421. The van der Waals surface area contributed by atoms with Crippen LogP contribution in [0.5, 0.6) is 0 Å². The minimum Gasteiger partial charge on any atom is -0.376 e. The van der Waals surface area contributed by atoms with Crippen LogP contribution in [0.1, 0.15) is 19.5 Å². The van der Waals surface area contributed by atoms with Crippen molar-refractivity contribution in [2.75, 3.05) is 25.0 Å². The number of amides is 1. The van der Waals surface area contributed by atoms with Gasteiger partial charge in [0, 0.05) is 25.0 Å². The van der Waals surface area contributed by atoms with Gasteiger partial charge in [-0.2, -0.15) is 5.26 Å². The molecule has 0 aliphatic rings. The summed E-state index contributed by atoms with van der Waals surface area (Å²) in [7, 11) is 0. The third-order valence-corrected chi connectivity index (χ3v) is 2.43. The van der Waals surface area contributed by atoms with Crippen molar-refractivity contribution in [1.29, 1.82) is 5.26 Å². The maximum atomic E-state index is 11.7. The molecule has 0 aliphatic heterocycles. The Hall–Kier alpha value is -2.09. The number of anilines is 1. The SMILES string of the molecule is CCN(CC)C(=O)CNc1ccnc(C#N)c1. The number of nitrogens with zero attached hydrogens (tertiary/aromatic N) is 3. The quantitative estimate of drug-likeness (QED) is 0.829. The average molecular weight is 232 g/mol. The number of carbonyl (C=O) groups is 1. The largest absolute Gasteiger partial charge is 0.376 e. The van der Waals surface area contributed by atoms with Crippen LogP contribution >= 0.6 is 0 Å². The number of rotatable bonds is 5. The first-order valence-electron chi connectivity index (χ1n) is 5.59. The molecule has 0 saturated heterocycles. The van der Waals surface area contributed by atoms with Crippen LogP contribution in [-0.2, 0) is 4.79 Å². The molecule has 0 aromatic carbocycles. The molecule has 0 bridgehead atoms. The number of aromatic nitrogens is 1. The van der Waals surface area contributed by atoms with Crippen LogP contribution in [0.3, 0.4) is 0 Å². The van der Waals surface area contributed by atoms with Gasteiger partial charge in [0.15, 0.2) is 0 Å². The summed E-state index contributed by atoms with van der Waals surface area (Å²) in [5.74, 6) is 0.0466. The number of hydrogen-bond acceptors (Lipinski definition) is 4. The van der Waals surface area contributed by atoms with Gasteiger partial charge in [0.1, 0.15) is 11.8 Å². The third-order valence-electron chi connectivity index (χ3n) is 2.43. The van der Waals surface area contributed by atoms with E-state index in [2.05, 4.69) is 10.3 Å². The lowest BCUT2D eigenvalue weighted by atomic mass is 10.3. The second kappa shape index (κ2) is 6.48. The summed E-state index contributed by atoms with van der Waals surface area (Å²) in [4.78, 5) is 17.3. The monoisotopic (exact) mass is 232 g/mol. The molecule has 0 fully saturated rings. The van der Waals surface area contributed by atoms with Crippen LogP contribution in [0.15, 0.2) is 18.3 Å². The molecule has 1 N–H and O–H groups in total. The molecule has 5 heteroatoms. The fourth-order valence-electron chi connectivity index (χ4n) is 1.47. The van der Waals surface area contributed by atoms with E-state index in [0.29, 0.717) is 18.8 Å². The number of likely N-dealkylation sites (N-methyl/N-ethyl adjacent to an activating group) is 1. The zero-order chi connectivity index (χ0) is 12.7. The molecule has 0 aliphatic carbocycles. The van der Waals surface area contributed by atoms with E-state index < -0.39 is 0 Å². The van der Waals surface area contributed by atoms with E-state index in [1.807, 2.05) is 19.9 Å². The first-order valence-corrected chi connectivity index (χ1v) is 5.59. The lowest BCUT2D eigenvalue weighted by molar-refractivity contribution is -0.128. The van der Waals surface area contributed by atoms with Crippen molar-refractivity contribution in [1.82, 2.24) is 9.88 Å². The molecule has 1 aromatic rings. The molecular weight excluding hydrogens is 216 g/mol. The van der Waals surface area contributed by atoms with Crippen LogP contribution < -0.4 is 5.32 Å². The number of pyridine rings is 1. The van der Waals surface area contributed by atoms with Gasteiger partial charge >= 0.3 is 0 Å². The summed E-state index contributed by atoms with van der Waals surface area (Å²) in [6.07, 6.45) is 1.54. The maximum Gasteiger partial charge on any atom is 0.241 e. The maximum absolute atomic E-state index is 11.7. The topological polar surface area (TPSA) is 69.0 Å². The Morgan fingerprint density at radius 1 is 1.53 bits per heavy atom. The van der Waals surface area contributed by atoms with E-state index in [1.54, 1.807) is 23.2 Å². The summed E-state index contributed by atoms with van der Waals surface area (Å²) in [5.41, 5.74) is 1.07. The van der Waals surface area contributed by atoms with E-state index >= 15 is 0 Å². The van der Waals surface area contributed by atoms with Gasteiger partial charge in [0.05, 0.1) is 6.54 Å². The molecule has 0 saturated carbocycles. The predicted molar refractivity (Wildman–Crippen MR) is 65.4 cm³/mol. The molecule has 1 heterocycles. The van der Waals surface area contributed by atoms with Gasteiger partial charge in [-0.15, -0.1) is 0 Å². The second-order valence-electron chi connectivity index (χ2n) is 3.46.